The number of nitrogens with one attached hydrogen (secondary N) is 1. The first-order valence-electron chi connectivity index (χ1n) is 36.7. The minimum Gasteiger partial charge on any atom is -0.394 e. The summed E-state index contributed by atoms with van der Waals surface area (Å²) >= 11 is 0. The van der Waals surface area contributed by atoms with Crippen LogP contribution >= 0.6 is 0 Å². The zero-order valence-corrected chi connectivity index (χ0v) is 57.2. The smallest absolute Gasteiger partial charge is 0.220 e. The van der Waals surface area contributed by atoms with Crippen molar-refractivity contribution in [1.29, 1.82) is 0 Å². The predicted octanol–water partition coefficient (Wildman–Crippen LogP) is 10.5. The molecule has 0 aliphatic carbocycles. The number of allylic oxidation sites excluding steroid dienone is 12. The van der Waals surface area contributed by atoms with E-state index in [0.29, 0.717) is 12.8 Å². The summed E-state index contributed by atoms with van der Waals surface area (Å²) in [6.45, 7) is 1.70. The second-order valence-electron chi connectivity index (χ2n) is 26.0. The van der Waals surface area contributed by atoms with Gasteiger partial charge < -0.3 is 89.9 Å². The van der Waals surface area contributed by atoms with Crippen molar-refractivity contribution in [3.05, 3.63) is 72.9 Å². The highest BCUT2D eigenvalue weighted by Gasteiger charge is 2.53. The maximum Gasteiger partial charge on any atom is 0.220 e. The van der Waals surface area contributed by atoms with Crippen molar-refractivity contribution < 1.29 is 89.4 Å². The van der Waals surface area contributed by atoms with E-state index in [4.69, 9.17) is 28.4 Å². The Morgan fingerprint density at radius 3 is 1.16 bits per heavy atom. The SMILES string of the molecule is CC/C=C\C/C=C\C/C=C\C/C=C\C/C=C\C/C=C\CCCCCCCCCCC(=O)NC(COC1OC(CO)C(OC2OC(CO)C(OC3OC(CO)C(O)C(O)C3O)C(O)C2O)C(O)C1O)C(O)CCCCCCCCCCCCCCCCCCCCCCC. The van der Waals surface area contributed by atoms with E-state index in [9.17, 15) is 61.0 Å². The maximum atomic E-state index is 13.5. The third-order valence-corrected chi connectivity index (χ3v) is 18.0. The molecule has 540 valence electrons. The summed E-state index contributed by atoms with van der Waals surface area (Å²) in [5, 5.41) is 121. The van der Waals surface area contributed by atoms with Gasteiger partial charge in [0, 0.05) is 6.42 Å². The molecular weight excluding hydrogens is 1190 g/mol. The number of hydrogen-bond acceptors (Lipinski definition) is 18. The van der Waals surface area contributed by atoms with Gasteiger partial charge in [0.25, 0.3) is 0 Å². The van der Waals surface area contributed by atoms with Gasteiger partial charge in [-0.3, -0.25) is 4.79 Å². The van der Waals surface area contributed by atoms with Crippen molar-refractivity contribution in [3.8, 4) is 0 Å². The lowest BCUT2D eigenvalue weighted by molar-refractivity contribution is -0.379. The number of hydrogen-bond donors (Lipinski definition) is 12. The topological polar surface area (TPSA) is 307 Å². The molecule has 93 heavy (non-hydrogen) atoms. The molecule has 3 fully saturated rings. The van der Waals surface area contributed by atoms with E-state index in [2.05, 4.69) is 92.1 Å². The molecule has 3 saturated heterocycles. The van der Waals surface area contributed by atoms with Crippen LogP contribution in [0.2, 0.25) is 0 Å². The molecule has 3 rings (SSSR count). The molecular formula is C74H131NO18. The van der Waals surface area contributed by atoms with Gasteiger partial charge in [0.05, 0.1) is 38.6 Å². The molecule has 1 amide bonds. The van der Waals surface area contributed by atoms with Crippen molar-refractivity contribution >= 4 is 5.91 Å². The molecule has 12 N–H and O–H groups in total. The average molecular weight is 1320 g/mol. The Hall–Kier alpha value is -2.77. The quantitative estimate of drug-likeness (QED) is 0.0199. The Morgan fingerprint density at radius 1 is 0.398 bits per heavy atom. The fourth-order valence-corrected chi connectivity index (χ4v) is 12.1. The van der Waals surface area contributed by atoms with Crippen molar-refractivity contribution in [2.24, 2.45) is 0 Å². The Labute approximate surface area is 559 Å². The average Bonchev–Trinajstić information content (AvgIpc) is 0.902. The van der Waals surface area contributed by atoms with E-state index in [1.54, 1.807) is 0 Å². The third kappa shape index (κ3) is 36.6. The predicted molar refractivity (Wildman–Crippen MR) is 365 cm³/mol. The van der Waals surface area contributed by atoms with Crippen LogP contribution in [-0.2, 0) is 33.2 Å². The maximum absolute atomic E-state index is 13.5. The molecule has 0 aromatic carbocycles. The molecule has 0 bridgehead atoms. The lowest BCUT2D eigenvalue weighted by Crippen LogP contribution is -2.66. The van der Waals surface area contributed by atoms with Crippen LogP contribution < -0.4 is 5.32 Å². The highest BCUT2D eigenvalue weighted by molar-refractivity contribution is 5.76. The van der Waals surface area contributed by atoms with E-state index < -0.39 is 124 Å². The molecule has 17 atom stereocenters. The third-order valence-electron chi connectivity index (χ3n) is 18.0. The van der Waals surface area contributed by atoms with E-state index in [0.717, 1.165) is 96.3 Å². The molecule has 19 heteroatoms. The van der Waals surface area contributed by atoms with E-state index in [-0.39, 0.29) is 18.9 Å². The van der Waals surface area contributed by atoms with Gasteiger partial charge in [-0.1, -0.05) is 260 Å². The standard InChI is InChI=1S/C74H131NO18/c1-3-5-7-9-11-13-15-17-19-21-23-25-26-27-28-29-30-32-34-36-38-40-42-44-46-48-50-52-62(80)75-57(58(79)51-49-47-45-43-41-39-37-35-33-31-24-22-20-18-16-14-12-10-8-6-4-2)56-88-72-68(86)65(83)70(60(54-77)90-72)93-74-69(87)66(84)71(61(55-78)91-74)92-73-67(85)64(82)63(81)59(53-76)89-73/h5,7,11,13,17,19,23,25,27-28,30,32,57-61,63-74,76-79,81-87H,3-4,6,8-10,12,14-16,18,20-22,24,26,29,31,33-56H2,1-2H3,(H,75,80)/b7-5-,13-11-,19-17-,25-23-,28-27-,32-30-. The molecule has 0 saturated carbocycles. The number of rotatable bonds is 56. The summed E-state index contributed by atoms with van der Waals surface area (Å²) in [6.07, 6.45) is 42.5. The van der Waals surface area contributed by atoms with E-state index >= 15 is 0 Å². The van der Waals surface area contributed by atoms with E-state index in [1.165, 1.54) is 128 Å². The molecule has 0 radical (unpaired) electrons. The summed E-state index contributed by atoms with van der Waals surface area (Å²) in [5.74, 6) is -0.252. The lowest BCUT2D eigenvalue weighted by Gasteiger charge is -2.48. The molecule has 3 aliphatic heterocycles. The van der Waals surface area contributed by atoms with Gasteiger partial charge in [-0.15, -0.1) is 0 Å². The van der Waals surface area contributed by atoms with Gasteiger partial charge in [0.1, 0.15) is 73.2 Å². The molecule has 3 heterocycles. The van der Waals surface area contributed by atoms with Crippen molar-refractivity contribution in [2.75, 3.05) is 26.4 Å². The van der Waals surface area contributed by atoms with Crippen LogP contribution in [0.3, 0.4) is 0 Å². The first-order chi connectivity index (χ1) is 45.3. The Bertz CT molecular complexity index is 1970. The largest absolute Gasteiger partial charge is 0.394 e. The van der Waals surface area contributed by atoms with Crippen LogP contribution in [0, 0.1) is 0 Å². The first-order valence-corrected chi connectivity index (χ1v) is 36.7. The van der Waals surface area contributed by atoms with Crippen molar-refractivity contribution in [1.82, 2.24) is 5.32 Å². The van der Waals surface area contributed by atoms with Crippen LogP contribution in [0.4, 0.5) is 0 Å². The fourth-order valence-electron chi connectivity index (χ4n) is 12.1. The van der Waals surface area contributed by atoms with Gasteiger partial charge in [0.2, 0.25) is 5.91 Å². The summed E-state index contributed by atoms with van der Waals surface area (Å²) in [4.78, 5) is 13.5. The molecule has 19 nitrogen and oxygen atoms in total. The van der Waals surface area contributed by atoms with Gasteiger partial charge in [-0.05, 0) is 64.2 Å². The summed E-state index contributed by atoms with van der Waals surface area (Å²) in [7, 11) is 0. The monoisotopic (exact) mass is 1320 g/mol. The molecule has 17 unspecified atom stereocenters. The molecule has 3 aliphatic rings. The zero-order chi connectivity index (χ0) is 67.5. The molecule has 0 aromatic rings. The number of carbonyl (C=O) groups excluding carboxylic acids is 1. The van der Waals surface area contributed by atoms with Gasteiger partial charge in [-0.2, -0.15) is 0 Å². The van der Waals surface area contributed by atoms with Crippen LogP contribution in [0.15, 0.2) is 72.9 Å². The van der Waals surface area contributed by atoms with Crippen LogP contribution in [0.1, 0.15) is 258 Å². The first kappa shape index (κ1) is 84.5. The number of unbranched alkanes of at least 4 members (excludes halogenated alkanes) is 28. The minimum atomic E-state index is -1.98. The van der Waals surface area contributed by atoms with Crippen LogP contribution in [0.25, 0.3) is 0 Å². The van der Waals surface area contributed by atoms with Crippen LogP contribution in [-0.4, -0.2) is 193 Å². The number of aliphatic hydroxyl groups excluding tert-OH is 11. The molecule has 0 aromatic heterocycles. The van der Waals surface area contributed by atoms with Crippen molar-refractivity contribution in [3.63, 3.8) is 0 Å². The summed E-state index contributed by atoms with van der Waals surface area (Å²) in [5.41, 5.74) is 0. The Kier molecular flexibility index (Phi) is 50.1. The normalized spacial score (nSPS) is 27.9. The zero-order valence-electron chi connectivity index (χ0n) is 57.2. The van der Waals surface area contributed by atoms with Crippen molar-refractivity contribution in [2.45, 2.75) is 362 Å². The summed E-state index contributed by atoms with van der Waals surface area (Å²) < 4.78 is 34.5. The molecule has 0 spiro atoms. The summed E-state index contributed by atoms with van der Waals surface area (Å²) in [6, 6.07) is -0.897. The Morgan fingerprint density at radius 2 is 0.742 bits per heavy atom. The highest BCUT2D eigenvalue weighted by atomic mass is 16.8. The second kappa shape index (κ2) is 55.1. The van der Waals surface area contributed by atoms with Gasteiger partial charge in [-0.25, -0.2) is 0 Å². The Balaban J connectivity index is 1.42. The lowest BCUT2D eigenvalue weighted by atomic mass is 9.96. The second-order valence-corrected chi connectivity index (χ2v) is 26.0. The fraction of sp³-hybridized carbons (Fsp3) is 0.824. The van der Waals surface area contributed by atoms with E-state index in [1.807, 2.05) is 0 Å². The number of aliphatic hydroxyl groups is 11. The highest BCUT2D eigenvalue weighted by Crippen LogP contribution is 2.33. The van der Waals surface area contributed by atoms with Gasteiger partial charge in [0.15, 0.2) is 18.9 Å². The van der Waals surface area contributed by atoms with Gasteiger partial charge >= 0.3 is 0 Å². The number of ether oxygens (including phenoxy) is 6. The minimum absolute atomic E-state index is 0.252. The van der Waals surface area contributed by atoms with Crippen LogP contribution in [0.5, 0.6) is 0 Å². The number of carbonyl (C=O) groups is 1. The number of amides is 1.